The minimum absolute atomic E-state index is 1.05. The first kappa shape index (κ1) is 20.6. The molecule has 6 aromatic carbocycles. The molecule has 1 nitrogen and oxygen atoms in total. The lowest BCUT2D eigenvalue weighted by Crippen LogP contribution is -1.99. The minimum atomic E-state index is 1.05. The first-order valence-electron chi connectivity index (χ1n) is 13.1. The van der Waals surface area contributed by atoms with Crippen LogP contribution in [0, 0.1) is 0 Å². The summed E-state index contributed by atoms with van der Waals surface area (Å²) in [6.07, 6.45) is 8.90. The van der Waals surface area contributed by atoms with E-state index in [4.69, 9.17) is 0 Å². The lowest BCUT2D eigenvalue weighted by molar-refractivity contribution is 0.981. The van der Waals surface area contributed by atoms with Gasteiger partial charge in [-0.25, -0.2) is 0 Å². The number of para-hydroxylation sites is 1. The highest BCUT2D eigenvalue weighted by Gasteiger charge is 2.22. The van der Waals surface area contributed by atoms with Crippen LogP contribution >= 0.6 is 0 Å². The number of fused-ring (bicyclic) bond motifs is 10. The third-order valence-electron chi connectivity index (χ3n) is 8.01. The van der Waals surface area contributed by atoms with E-state index in [-0.39, 0.29) is 0 Å². The Labute approximate surface area is 215 Å². The molecule has 174 valence electrons. The van der Waals surface area contributed by atoms with E-state index in [9.17, 15) is 0 Å². The van der Waals surface area contributed by atoms with E-state index in [2.05, 4.69) is 132 Å². The van der Waals surface area contributed by atoms with Crippen molar-refractivity contribution in [3.05, 3.63) is 127 Å². The van der Waals surface area contributed by atoms with Crippen LogP contribution in [0.1, 0.15) is 12.8 Å². The van der Waals surface area contributed by atoms with Crippen molar-refractivity contribution in [3.8, 4) is 11.1 Å². The second-order valence-corrected chi connectivity index (χ2v) is 10.0. The van der Waals surface area contributed by atoms with Gasteiger partial charge in [0.05, 0.1) is 11.0 Å². The van der Waals surface area contributed by atoms with E-state index >= 15 is 0 Å². The molecular weight excluding hydrogens is 446 g/mol. The molecule has 0 bridgehead atoms. The van der Waals surface area contributed by atoms with Crippen molar-refractivity contribution >= 4 is 59.8 Å². The molecule has 0 fully saturated rings. The largest absolute Gasteiger partial charge is 0.312 e. The van der Waals surface area contributed by atoms with Crippen LogP contribution in [0.3, 0.4) is 0 Å². The summed E-state index contributed by atoms with van der Waals surface area (Å²) in [6, 6.07) is 40.1. The summed E-state index contributed by atoms with van der Waals surface area (Å²) < 4.78 is 2.54. The summed E-state index contributed by atoms with van der Waals surface area (Å²) in [5, 5.41) is 10.6. The molecule has 0 unspecified atom stereocenters. The fourth-order valence-electron chi connectivity index (χ4n) is 6.46. The zero-order valence-corrected chi connectivity index (χ0v) is 20.5. The van der Waals surface area contributed by atoms with E-state index in [1.807, 2.05) is 0 Å². The quantitative estimate of drug-likeness (QED) is 0.221. The molecule has 0 amide bonds. The molecule has 37 heavy (non-hydrogen) atoms. The molecule has 7 aromatic rings. The van der Waals surface area contributed by atoms with Crippen LogP contribution in [0.15, 0.2) is 127 Å². The molecule has 1 aromatic heterocycles. The zero-order chi connectivity index (χ0) is 24.3. The molecule has 0 spiro atoms. The van der Waals surface area contributed by atoms with Gasteiger partial charge in [-0.3, -0.25) is 0 Å². The minimum Gasteiger partial charge on any atom is -0.312 e. The summed E-state index contributed by atoms with van der Waals surface area (Å²) in [4.78, 5) is 0. The zero-order valence-electron chi connectivity index (χ0n) is 20.5. The SMILES string of the molecule is C1=CCCC(n2c3ccccc3c3c4c5ccccc5c(-c5ccccc5)cc4c4ccccc4c32)=C1. The Morgan fingerprint density at radius 3 is 2.00 bits per heavy atom. The number of hydrogen-bond acceptors (Lipinski definition) is 0. The van der Waals surface area contributed by atoms with Crippen LogP contribution in [-0.4, -0.2) is 4.57 Å². The molecular formula is C36H25N. The summed E-state index contributed by atoms with van der Waals surface area (Å²) in [6.45, 7) is 0. The van der Waals surface area contributed by atoms with Crippen molar-refractivity contribution < 1.29 is 0 Å². The topological polar surface area (TPSA) is 4.93 Å². The van der Waals surface area contributed by atoms with Gasteiger partial charge in [-0.15, -0.1) is 0 Å². The second-order valence-electron chi connectivity index (χ2n) is 10.0. The maximum atomic E-state index is 2.54. The molecule has 1 heterocycles. The number of hydrogen-bond donors (Lipinski definition) is 0. The molecule has 8 rings (SSSR count). The maximum Gasteiger partial charge on any atom is 0.0622 e. The number of allylic oxidation sites excluding steroid dienone is 4. The first-order valence-corrected chi connectivity index (χ1v) is 13.1. The van der Waals surface area contributed by atoms with Crippen LogP contribution in [0.5, 0.6) is 0 Å². The summed E-state index contributed by atoms with van der Waals surface area (Å²) >= 11 is 0. The maximum absolute atomic E-state index is 2.54. The van der Waals surface area contributed by atoms with Gasteiger partial charge in [0, 0.05) is 27.2 Å². The highest BCUT2D eigenvalue weighted by molar-refractivity contribution is 6.38. The predicted molar refractivity (Wildman–Crippen MR) is 160 cm³/mol. The fourth-order valence-corrected chi connectivity index (χ4v) is 6.46. The van der Waals surface area contributed by atoms with E-state index in [0.717, 1.165) is 12.8 Å². The monoisotopic (exact) mass is 471 g/mol. The van der Waals surface area contributed by atoms with Gasteiger partial charge in [-0.05, 0) is 63.7 Å². The van der Waals surface area contributed by atoms with Crippen LogP contribution in [-0.2, 0) is 0 Å². The molecule has 0 N–H and O–H groups in total. The molecule has 0 saturated carbocycles. The van der Waals surface area contributed by atoms with Gasteiger partial charge in [0.25, 0.3) is 0 Å². The molecule has 1 aliphatic carbocycles. The van der Waals surface area contributed by atoms with Crippen molar-refractivity contribution in [1.82, 2.24) is 4.57 Å². The number of rotatable bonds is 2. The lowest BCUT2D eigenvalue weighted by Gasteiger charge is -2.17. The van der Waals surface area contributed by atoms with E-state index in [1.165, 1.54) is 70.9 Å². The molecule has 1 heteroatoms. The van der Waals surface area contributed by atoms with Gasteiger partial charge in [0.15, 0.2) is 0 Å². The van der Waals surface area contributed by atoms with Crippen LogP contribution in [0.25, 0.3) is 70.9 Å². The Morgan fingerprint density at radius 2 is 1.22 bits per heavy atom. The molecule has 0 aliphatic heterocycles. The Kier molecular flexibility index (Phi) is 4.41. The number of nitrogens with zero attached hydrogens (tertiary/aromatic N) is 1. The van der Waals surface area contributed by atoms with Gasteiger partial charge in [0.1, 0.15) is 0 Å². The third kappa shape index (κ3) is 2.92. The van der Waals surface area contributed by atoms with Crippen LogP contribution in [0.4, 0.5) is 0 Å². The Morgan fingerprint density at radius 1 is 0.541 bits per heavy atom. The second kappa shape index (κ2) is 7.94. The van der Waals surface area contributed by atoms with Crippen molar-refractivity contribution in [2.75, 3.05) is 0 Å². The van der Waals surface area contributed by atoms with Crippen molar-refractivity contribution in [1.29, 1.82) is 0 Å². The van der Waals surface area contributed by atoms with Gasteiger partial charge in [0.2, 0.25) is 0 Å². The first-order chi connectivity index (χ1) is 18.4. The molecule has 1 aliphatic rings. The van der Waals surface area contributed by atoms with Gasteiger partial charge in [-0.1, -0.05) is 109 Å². The molecule has 0 atom stereocenters. The lowest BCUT2D eigenvalue weighted by atomic mass is 9.88. The smallest absolute Gasteiger partial charge is 0.0622 e. The Hall–Kier alpha value is -4.62. The van der Waals surface area contributed by atoms with Gasteiger partial charge < -0.3 is 4.57 Å². The third-order valence-corrected chi connectivity index (χ3v) is 8.01. The predicted octanol–water partition coefficient (Wildman–Crippen LogP) is 10.1. The average molecular weight is 472 g/mol. The standard InChI is InChI=1S/C36H25N/c1-3-13-24(14-4-1)31-23-32-27-18-8-10-20-29(27)36-35(34(32)28-19-9-7-17-26(28)31)30-21-11-12-22-33(30)37(36)25-15-5-2-6-16-25/h1-5,7-15,17-23H,6,16H2. The van der Waals surface area contributed by atoms with Crippen molar-refractivity contribution in [2.24, 2.45) is 0 Å². The average Bonchev–Trinajstić information content (AvgIpc) is 3.33. The Bertz CT molecular complexity index is 2070. The fraction of sp³-hybridized carbons (Fsp3) is 0.0556. The summed E-state index contributed by atoms with van der Waals surface area (Å²) in [5.41, 5.74) is 6.52. The highest BCUT2D eigenvalue weighted by atomic mass is 15.0. The normalized spacial score (nSPS) is 13.8. The van der Waals surface area contributed by atoms with E-state index in [0.29, 0.717) is 0 Å². The summed E-state index contributed by atoms with van der Waals surface area (Å²) in [5.74, 6) is 0. The van der Waals surface area contributed by atoms with Crippen LogP contribution < -0.4 is 0 Å². The van der Waals surface area contributed by atoms with Crippen LogP contribution in [0.2, 0.25) is 0 Å². The molecule has 0 radical (unpaired) electrons. The van der Waals surface area contributed by atoms with E-state index in [1.54, 1.807) is 0 Å². The Balaban J connectivity index is 1.69. The summed E-state index contributed by atoms with van der Waals surface area (Å²) in [7, 11) is 0. The van der Waals surface area contributed by atoms with Crippen molar-refractivity contribution in [2.45, 2.75) is 12.8 Å². The molecule has 0 saturated heterocycles. The van der Waals surface area contributed by atoms with E-state index < -0.39 is 0 Å². The number of aromatic nitrogens is 1. The number of benzene rings is 6. The van der Waals surface area contributed by atoms with Gasteiger partial charge in [-0.2, -0.15) is 0 Å². The highest BCUT2D eigenvalue weighted by Crippen LogP contribution is 2.47. The van der Waals surface area contributed by atoms with Gasteiger partial charge >= 0.3 is 0 Å². The van der Waals surface area contributed by atoms with Crippen molar-refractivity contribution in [3.63, 3.8) is 0 Å².